The fourth-order valence-electron chi connectivity index (χ4n) is 2.59. The maximum atomic E-state index is 11.2. The normalized spacial score (nSPS) is 10.7. The first-order valence-electron chi connectivity index (χ1n) is 7.82. The van der Waals surface area contributed by atoms with Gasteiger partial charge in [0.1, 0.15) is 0 Å². The third-order valence-electron chi connectivity index (χ3n) is 4.14. The van der Waals surface area contributed by atoms with E-state index in [-0.39, 0.29) is 44.1 Å². The first kappa shape index (κ1) is 27.0. The molecule has 4 nitrogen and oxygen atoms in total. The Bertz CT molecular complexity index is 293. The molecule has 0 fully saturated rings. The van der Waals surface area contributed by atoms with E-state index in [9.17, 15) is 19.8 Å². The molecule has 0 saturated heterocycles. The van der Waals surface area contributed by atoms with Gasteiger partial charge in [-0.25, -0.2) is 0 Å². The summed E-state index contributed by atoms with van der Waals surface area (Å²) in [6, 6.07) is 0. The number of carbonyl (C=O) groups is 2. The third-order valence-corrected chi connectivity index (χ3v) is 4.14. The van der Waals surface area contributed by atoms with Crippen molar-refractivity contribution in [3.63, 3.8) is 0 Å². The summed E-state index contributed by atoms with van der Waals surface area (Å²) in [7, 11) is 0. The Hall–Kier alpha value is 0.135. The summed E-state index contributed by atoms with van der Waals surface area (Å²) in [5.74, 6) is -3.56. The zero-order valence-corrected chi connectivity index (χ0v) is 15.1. The molecule has 118 valence electrons. The van der Waals surface area contributed by atoms with Gasteiger partial charge >= 0.3 is 37.7 Å². The van der Waals surface area contributed by atoms with Gasteiger partial charge in [0.25, 0.3) is 0 Å². The molecule has 0 radical (unpaired) electrons. The van der Waals surface area contributed by atoms with Crippen molar-refractivity contribution < 1.29 is 57.5 Å². The van der Waals surface area contributed by atoms with Crippen molar-refractivity contribution in [3.8, 4) is 0 Å². The average Bonchev–Trinajstić information content (AvgIpc) is 2.35. The van der Waals surface area contributed by atoms with Crippen LogP contribution >= 0.6 is 0 Å². The summed E-state index contributed by atoms with van der Waals surface area (Å²) in [5.41, 5.74) is -1.85. The van der Waals surface area contributed by atoms with Crippen molar-refractivity contribution in [3.05, 3.63) is 0 Å². The van der Waals surface area contributed by atoms with Gasteiger partial charge in [0.2, 0.25) is 0 Å². The second-order valence-corrected chi connectivity index (χ2v) is 5.93. The SMILES string of the molecule is CCCCCCCCCCC(C(=O)[O-])(C(=O)[O-])C(C)C.[Li+].[Li+]. The summed E-state index contributed by atoms with van der Waals surface area (Å²) in [5, 5.41) is 22.4. The van der Waals surface area contributed by atoms with Gasteiger partial charge in [-0.05, 0) is 12.3 Å². The Morgan fingerprint density at radius 1 is 0.818 bits per heavy atom. The van der Waals surface area contributed by atoms with Crippen LogP contribution in [0.3, 0.4) is 0 Å². The van der Waals surface area contributed by atoms with E-state index >= 15 is 0 Å². The van der Waals surface area contributed by atoms with Crippen molar-refractivity contribution in [2.24, 2.45) is 11.3 Å². The first-order chi connectivity index (χ1) is 9.39. The molecule has 0 atom stereocenters. The van der Waals surface area contributed by atoms with Crippen LogP contribution in [0, 0.1) is 11.3 Å². The van der Waals surface area contributed by atoms with Gasteiger partial charge in [-0.15, -0.1) is 0 Å². The van der Waals surface area contributed by atoms with Gasteiger partial charge < -0.3 is 19.8 Å². The molecule has 0 saturated carbocycles. The van der Waals surface area contributed by atoms with E-state index in [4.69, 9.17) is 0 Å². The largest absolute Gasteiger partial charge is 1.00 e. The van der Waals surface area contributed by atoms with Gasteiger partial charge in [-0.2, -0.15) is 0 Å². The van der Waals surface area contributed by atoms with Crippen LogP contribution in [0.5, 0.6) is 0 Å². The molecule has 0 N–H and O–H groups in total. The summed E-state index contributed by atoms with van der Waals surface area (Å²) >= 11 is 0. The number of carboxylic acids is 2. The number of carbonyl (C=O) groups excluding carboxylic acids is 2. The summed E-state index contributed by atoms with van der Waals surface area (Å²) in [4.78, 5) is 22.4. The number of unbranched alkanes of at least 4 members (excludes halogenated alkanes) is 7. The number of hydrogen-bond acceptors (Lipinski definition) is 4. The predicted molar refractivity (Wildman–Crippen MR) is 74.5 cm³/mol. The first-order valence-corrected chi connectivity index (χ1v) is 7.82. The zero-order chi connectivity index (χ0) is 15.6. The van der Waals surface area contributed by atoms with Gasteiger partial charge in [0, 0.05) is 0 Å². The monoisotopic (exact) mass is 298 g/mol. The van der Waals surface area contributed by atoms with Gasteiger partial charge in [-0.3, -0.25) is 0 Å². The van der Waals surface area contributed by atoms with Crippen molar-refractivity contribution >= 4 is 11.9 Å². The molecular weight excluding hydrogens is 270 g/mol. The van der Waals surface area contributed by atoms with E-state index in [2.05, 4.69) is 6.92 Å². The molecule has 0 aromatic carbocycles. The van der Waals surface area contributed by atoms with Crippen molar-refractivity contribution in [2.75, 3.05) is 0 Å². The van der Waals surface area contributed by atoms with Crippen molar-refractivity contribution in [2.45, 2.75) is 78.6 Å². The summed E-state index contributed by atoms with van der Waals surface area (Å²) < 4.78 is 0. The minimum atomic E-state index is -1.85. The maximum Gasteiger partial charge on any atom is 1.00 e. The molecule has 0 bridgehead atoms. The third kappa shape index (κ3) is 8.69. The van der Waals surface area contributed by atoms with Crippen LogP contribution in [-0.2, 0) is 9.59 Å². The number of aliphatic carboxylic acids is 2. The quantitative estimate of drug-likeness (QED) is 0.207. The van der Waals surface area contributed by atoms with E-state index in [0.717, 1.165) is 19.3 Å². The predicted octanol–water partition coefficient (Wildman–Crippen LogP) is -4.33. The van der Waals surface area contributed by atoms with Crippen LogP contribution in [-0.4, -0.2) is 11.9 Å². The van der Waals surface area contributed by atoms with Gasteiger partial charge in [-0.1, -0.05) is 72.1 Å². The van der Waals surface area contributed by atoms with E-state index in [0.29, 0.717) is 6.42 Å². The molecule has 6 heteroatoms. The molecular formula is C16H28Li2O4. The minimum Gasteiger partial charge on any atom is -0.549 e. The molecule has 0 aliphatic carbocycles. The molecule has 0 spiro atoms. The summed E-state index contributed by atoms with van der Waals surface area (Å²) in [6.07, 6.45) is 8.62. The molecule has 0 rings (SSSR count). The number of carboxylic acid groups (broad SMARTS) is 2. The van der Waals surface area contributed by atoms with E-state index in [1.54, 1.807) is 13.8 Å². The molecule has 0 amide bonds. The molecule has 0 unspecified atom stereocenters. The van der Waals surface area contributed by atoms with Gasteiger partial charge in [0.05, 0.1) is 17.4 Å². The Labute approximate surface area is 159 Å². The number of rotatable bonds is 12. The Morgan fingerprint density at radius 2 is 1.18 bits per heavy atom. The van der Waals surface area contributed by atoms with Crippen molar-refractivity contribution in [1.29, 1.82) is 0 Å². The fraction of sp³-hybridized carbons (Fsp3) is 0.875. The minimum absolute atomic E-state index is 0. The molecule has 0 heterocycles. The zero-order valence-electron chi connectivity index (χ0n) is 15.1. The Kier molecular flexibility index (Phi) is 18.1. The smallest absolute Gasteiger partial charge is 0.549 e. The van der Waals surface area contributed by atoms with Crippen LogP contribution in [0.4, 0.5) is 0 Å². The van der Waals surface area contributed by atoms with Crippen LogP contribution in [0.25, 0.3) is 0 Å². The number of hydrogen-bond donors (Lipinski definition) is 0. The van der Waals surface area contributed by atoms with E-state index in [1.807, 2.05) is 0 Å². The molecule has 0 aromatic heterocycles. The maximum absolute atomic E-state index is 11.2. The van der Waals surface area contributed by atoms with Crippen LogP contribution in [0.2, 0.25) is 0 Å². The molecule has 22 heavy (non-hydrogen) atoms. The molecule has 0 aliphatic rings. The summed E-state index contributed by atoms with van der Waals surface area (Å²) in [6.45, 7) is 5.36. The fourth-order valence-corrected chi connectivity index (χ4v) is 2.59. The Balaban J connectivity index is -0.00000180. The molecule has 0 aliphatic heterocycles. The van der Waals surface area contributed by atoms with Crippen LogP contribution in [0.1, 0.15) is 78.6 Å². The average molecular weight is 298 g/mol. The Morgan fingerprint density at radius 3 is 1.50 bits per heavy atom. The molecule has 0 aromatic rings. The topological polar surface area (TPSA) is 80.3 Å². The van der Waals surface area contributed by atoms with Crippen molar-refractivity contribution in [1.82, 2.24) is 0 Å². The van der Waals surface area contributed by atoms with E-state index < -0.39 is 23.3 Å². The van der Waals surface area contributed by atoms with E-state index in [1.165, 1.54) is 25.7 Å². The second kappa shape index (κ2) is 14.7. The van der Waals surface area contributed by atoms with Crippen LogP contribution in [0.15, 0.2) is 0 Å². The second-order valence-electron chi connectivity index (χ2n) is 5.93. The van der Waals surface area contributed by atoms with Gasteiger partial charge in [0.15, 0.2) is 0 Å². The van der Waals surface area contributed by atoms with Crippen LogP contribution < -0.4 is 47.9 Å². The standard InChI is InChI=1S/C16H30O4.2Li/c1-4-5-6-7-8-9-10-11-12-16(13(2)3,14(17)18)15(19)20;;/h13H,4-12H2,1-3H3,(H,17,18)(H,19,20);;/q;2*+1/p-2.